The molecule has 1 fully saturated rings. The molecule has 1 amide bonds. The quantitative estimate of drug-likeness (QED) is 0.584. The lowest BCUT2D eigenvalue weighted by molar-refractivity contribution is -0.139. The van der Waals surface area contributed by atoms with Crippen molar-refractivity contribution in [1.82, 2.24) is 4.90 Å². The van der Waals surface area contributed by atoms with Gasteiger partial charge in [0.1, 0.15) is 0 Å². The van der Waals surface area contributed by atoms with Crippen molar-refractivity contribution in [2.75, 3.05) is 19.6 Å². The zero-order valence-electron chi connectivity index (χ0n) is 7.36. The summed E-state index contributed by atoms with van der Waals surface area (Å²) < 4.78 is 0. The fourth-order valence-corrected chi connectivity index (χ4v) is 1.30. The van der Waals surface area contributed by atoms with Gasteiger partial charge in [-0.1, -0.05) is 0 Å². The molecule has 0 aliphatic carbocycles. The van der Waals surface area contributed by atoms with Gasteiger partial charge in [-0.25, -0.2) is 0 Å². The first kappa shape index (κ1) is 9.48. The van der Waals surface area contributed by atoms with E-state index in [0.29, 0.717) is 12.5 Å². The highest BCUT2D eigenvalue weighted by atomic mass is 16.3. The number of rotatable bonds is 3. The predicted octanol–water partition coefficient (Wildman–Crippen LogP) is -0.826. The highest BCUT2D eigenvalue weighted by Gasteiger charge is 2.29. The number of nitrogens with two attached hydrogens (primary N) is 1. The van der Waals surface area contributed by atoms with Gasteiger partial charge in [0.25, 0.3) is 0 Å². The normalized spacial score (nSPS) is 20.4. The van der Waals surface area contributed by atoms with Crippen molar-refractivity contribution in [1.29, 1.82) is 0 Å². The number of carbonyl (C=O) groups excluding carboxylic acids is 1. The number of hydrogen-bond donors (Lipinski definition) is 2. The molecule has 70 valence electrons. The van der Waals surface area contributed by atoms with E-state index in [1.54, 1.807) is 11.8 Å². The van der Waals surface area contributed by atoms with Crippen LogP contribution in [0.25, 0.3) is 0 Å². The first-order chi connectivity index (χ1) is 5.63. The van der Waals surface area contributed by atoms with E-state index in [-0.39, 0.29) is 12.3 Å². The van der Waals surface area contributed by atoms with Crippen LogP contribution in [0.4, 0.5) is 0 Å². The van der Waals surface area contributed by atoms with Gasteiger partial charge in [0.05, 0.1) is 12.5 Å². The van der Waals surface area contributed by atoms with Crippen molar-refractivity contribution in [2.45, 2.75) is 19.4 Å². The summed E-state index contributed by atoms with van der Waals surface area (Å²) in [6.07, 6.45) is -0.300. The third-order valence-electron chi connectivity index (χ3n) is 2.11. The minimum Gasteiger partial charge on any atom is -0.393 e. The van der Waals surface area contributed by atoms with E-state index in [2.05, 4.69) is 0 Å². The van der Waals surface area contributed by atoms with E-state index in [1.807, 2.05) is 0 Å². The van der Waals surface area contributed by atoms with E-state index in [0.717, 1.165) is 13.1 Å². The van der Waals surface area contributed by atoms with Gasteiger partial charge in [0.15, 0.2) is 0 Å². The lowest BCUT2D eigenvalue weighted by atomic mass is 10.00. The maximum atomic E-state index is 11.2. The number of carbonyl (C=O) groups is 1. The molecule has 1 rings (SSSR count). The Morgan fingerprint density at radius 2 is 2.33 bits per heavy atom. The molecular weight excluding hydrogens is 156 g/mol. The second-order valence-corrected chi connectivity index (χ2v) is 3.45. The Morgan fingerprint density at radius 1 is 1.75 bits per heavy atom. The molecule has 1 atom stereocenters. The molecule has 0 radical (unpaired) electrons. The number of aliphatic hydroxyl groups is 1. The molecular formula is C8H16N2O2. The van der Waals surface area contributed by atoms with Crippen molar-refractivity contribution in [3.63, 3.8) is 0 Å². The molecule has 0 spiro atoms. The van der Waals surface area contributed by atoms with Gasteiger partial charge in [0, 0.05) is 19.0 Å². The number of amides is 1. The molecule has 3 N–H and O–H groups in total. The van der Waals surface area contributed by atoms with E-state index in [9.17, 15) is 4.79 Å². The molecule has 0 saturated carbocycles. The Hall–Kier alpha value is -0.610. The van der Waals surface area contributed by atoms with Crippen LogP contribution < -0.4 is 5.73 Å². The summed E-state index contributed by atoms with van der Waals surface area (Å²) in [6.45, 7) is 3.81. The SMILES string of the molecule is CC(O)CC(=O)N1CC(CN)C1. The minimum atomic E-state index is -0.533. The van der Waals surface area contributed by atoms with Crippen LogP contribution >= 0.6 is 0 Å². The maximum absolute atomic E-state index is 11.2. The van der Waals surface area contributed by atoms with Crippen molar-refractivity contribution < 1.29 is 9.90 Å². The Morgan fingerprint density at radius 3 is 2.75 bits per heavy atom. The van der Waals surface area contributed by atoms with Gasteiger partial charge >= 0.3 is 0 Å². The summed E-state index contributed by atoms with van der Waals surface area (Å²) >= 11 is 0. The van der Waals surface area contributed by atoms with Gasteiger partial charge in [-0.2, -0.15) is 0 Å². The summed E-state index contributed by atoms with van der Waals surface area (Å²) in [5, 5.41) is 8.94. The zero-order valence-corrected chi connectivity index (χ0v) is 7.36. The first-order valence-corrected chi connectivity index (χ1v) is 4.29. The molecule has 0 aromatic carbocycles. The highest BCUT2D eigenvalue weighted by molar-refractivity contribution is 5.77. The molecule has 12 heavy (non-hydrogen) atoms. The molecule has 0 bridgehead atoms. The maximum Gasteiger partial charge on any atom is 0.225 e. The van der Waals surface area contributed by atoms with Gasteiger partial charge in [-0.05, 0) is 13.5 Å². The van der Waals surface area contributed by atoms with Gasteiger partial charge in [-0.3, -0.25) is 4.79 Å². The summed E-state index contributed by atoms with van der Waals surface area (Å²) in [5.74, 6) is 0.512. The second kappa shape index (κ2) is 3.87. The molecule has 1 heterocycles. The van der Waals surface area contributed by atoms with Crippen molar-refractivity contribution in [3.8, 4) is 0 Å². The number of aliphatic hydroxyl groups excluding tert-OH is 1. The molecule has 4 nitrogen and oxygen atoms in total. The Kier molecular flexibility index (Phi) is 3.05. The van der Waals surface area contributed by atoms with Gasteiger partial charge in [-0.15, -0.1) is 0 Å². The van der Waals surface area contributed by atoms with Gasteiger partial charge < -0.3 is 15.7 Å². The fourth-order valence-electron chi connectivity index (χ4n) is 1.30. The number of hydrogen-bond acceptors (Lipinski definition) is 3. The van der Waals surface area contributed by atoms with Gasteiger partial charge in [0.2, 0.25) is 5.91 Å². The summed E-state index contributed by atoms with van der Waals surface area (Å²) in [5.41, 5.74) is 5.41. The van der Waals surface area contributed by atoms with E-state index in [4.69, 9.17) is 10.8 Å². The lowest BCUT2D eigenvalue weighted by Crippen LogP contribution is -2.53. The van der Waals surface area contributed by atoms with Crippen LogP contribution in [0.1, 0.15) is 13.3 Å². The smallest absolute Gasteiger partial charge is 0.225 e. The van der Waals surface area contributed by atoms with E-state index < -0.39 is 6.10 Å². The first-order valence-electron chi connectivity index (χ1n) is 4.29. The molecule has 1 saturated heterocycles. The molecule has 0 aromatic rings. The van der Waals surface area contributed by atoms with Crippen LogP contribution in [-0.2, 0) is 4.79 Å². The minimum absolute atomic E-state index is 0.0368. The van der Waals surface area contributed by atoms with Crippen LogP contribution in [0.5, 0.6) is 0 Å². The third kappa shape index (κ3) is 2.19. The highest BCUT2D eigenvalue weighted by Crippen LogP contribution is 2.15. The number of likely N-dealkylation sites (tertiary alicyclic amines) is 1. The van der Waals surface area contributed by atoms with Crippen LogP contribution in [0.3, 0.4) is 0 Å². The van der Waals surface area contributed by atoms with Crippen LogP contribution in [0.2, 0.25) is 0 Å². The Labute approximate surface area is 72.3 Å². The summed E-state index contributed by atoms with van der Waals surface area (Å²) in [6, 6.07) is 0. The standard InChI is InChI=1S/C8H16N2O2/c1-6(11)2-8(12)10-4-7(3-9)5-10/h6-7,11H,2-5,9H2,1H3. The van der Waals surface area contributed by atoms with Crippen molar-refractivity contribution in [2.24, 2.45) is 11.7 Å². The summed E-state index contributed by atoms with van der Waals surface area (Å²) in [7, 11) is 0. The Balaban J connectivity index is 2.19. The molecule has 1 unspecified atom stereocenters. The van der Waals surface area contributed by atoms with E-state index >= 15 is 0 Å². The van der Waals surface area contributed by atoms with Crippen LogP contribution in [0, 0.1) is 5.92 Å². The van der Waals surface area contributed by atoms with Crippen molar-refractivity contribution >= 4 is 5.91 Å². The Bertz CT molecular complexity index is 164. The summed E-state index contributed by atoms with van der Waals surface area (Å²) in [4.78, 5) is 13.0. The zero-order chi connectivity index (χ0) is 9.14. The second-order valence-electron chi connectivity index (χ2n) is 3.45. The van der Waals surface area contributed by atoms with E-state index in [1.165, 1.54) is 0 Å². The topological polar surface area (TPSA) is 66.6 Å². The lowest BCUT2D eigenvalue weighted by Gasteiger charge is -2.38. The average Bonchev–Trinajstić information content (AvgIpc) is 1.82. The van der Waals surface area contributed by atoms with Crippen LogP contribution in [-0.4, -0.2) is 41.7 Å². The molecule has 1 aliphatic rings. The molecule has 4 heteroatoms. The molecule has 0 aromatic heterocycles. The third-order valence-corrected chi connectivity index (χ3v) is 2.11. The monoisotopic (exact) mass is 172 g/mol. The average molecular weight is 172 g/mol. The number of nitrogens with zero attached hydrogens (tertiary/aromatic N) is 1. The predicted molar refractivity (Wildman–Crippen MR) is 45.4 cm³/mol. The van der Waals surface area contributed by atoms with Crippen molar-refractivity contribution in [3.05, 3.63) is 0 Å². The largest absolute Gasteiger partial charge is 0.393 e. The molecule has 1 aliphatic heterocycles. The fraction of sp³-hybridized carbons (Fsp3) is 0.875. The van der Waals surface area contributed by atoms with Crippen LogP contribution in [0.15, 0.2) is 0 Å².